The van der Waals surface area contributed by atoms with E-state index in [1.165, 1.54) is 0 Å². The van der Waals surface area contributed by atoms with Crippen LogP contribution in [0.1, 0.15) is 27.4 Å². The van der Waals surface area contributed by atoms with Gasteiger partial charge in [-0.2, -0.15) is 0 Å². The highest BCUT2D eigenvalue weighted by Crippen LogP contribution is 2.29. The van der Waals surface area contributed by atoms with E-state index in [1.807, 2.05) is 84.9 Å². The van der Waals surface area contributed by atoms with Crippen molar-refractivity contribution in [1.82, 2.24) is 0 Å². The van der Waals surface area contributed by atoms with Gasteiger partial charge in [0, 0.05) is 5.56 Å². The van der Waals surface area contributed by atoms with Crippen molar-refractivity contribution in [3.05, 3.63) is 102 Å². The minimum Gasteiger partial charge on any atom is -0.497 e. The van der Waals surface area contributed by atoms with Gasteiger partial charge in [0.25, 0.3) is 0 Å². The molecule has 3 rings (SSSR count). The van der Waals surface area contributed by atoms with Gasteiger partial charge in [0.05, 0.1) is 13.0 Å². The predicted octanol–water partition coefficient (Wildman–Crippen LogP) is 4.71. The van der Waals surface area contributed by atoms with Gasteiger partial charge < -0.3 is 4.74 Å². The summed E-state index contributed by atoms with van der Waals surface area (Å²) < 4.78 is 5.21. The molecular weight excluding hydrogens is 284 g/mol. The second-order valence-electron chi connectivity index (χ2n) is 5.35. The summed E-state index contributed by atoms with van der Waals surface area (Å²) in [6, 6.07) is 27.0. The van der Waals surface area contributed by atoms with Gasteiger partial charge in [-0.1, -0.05) is 72.8 Å². The lowest BCUT2D eigenvalue weighted by atomic mass is 9.85. The molecule has 1 atom stereocenters. The Balaban J connectivity index is 2.05. The molecule has 0 aromatic heterocycles. The van der Waals surface area contributed by atoms with Crippen molar-refractivity contribution in [3.63, 3.8) is 0 Å². The zero-order chi connectivity index (χ0) is 16.1. The zero-order valence-corrected chi connectivity index (χ0v) is 13.0. The molecule has 0 radical (unpaired) electrons. The van der Waals surface area contributed by atoms with Gasteiger partial charge in [0.1, 0.15) is 5.75 Å². The number of hydrogen-bond donors (Lipinski definition) is 0. The average molecular weight is 302 g/mol. The Morgan fingerprint density at radius 2 is 1.26 bits per heavy atom. The van der Waals surface area contributed by atoms with Crippen molar-refractivity contribution in [3.8, 4) is 5.75 Å². The molecule has 23 heavy (non-hydrogen) atoms. The third-order valence-electron chi connectivity index (χ3n) is 3.90. The summed E-state index contributed by atoms with van der Waals surface area (Å²) in [5, 5.41) is 0. The normalized spacial score (nSPS) is 11.7. The minimum absolute atomic E-state index is 0.0990. The van der Waals surface area contributed by atoms with E-state index in [1.54, 1.807) is 7.11 Å². The minimum atomic E-state index is -0.315. The highest BCUT2D eigenvalue weighted by Gasteiger charge is 2.23. The molecule has 0 spiro atoms. The molecule has 0 aliphatic carbocycles. The molecule has 0 saturated heterocycles. The maximum Gasteiger partial charge on any atom is 0.174 e. The quantitative estimate of drug-likeness (QED) is 0.638. The molecule has 114 valence electrons. The fraction of sp³-hybridized carbons (Fsp3) is 0.0952. The molecular formula is C21H18O2. The molecule has 0 fully saturated rings. The van der Waals surface area contributed by atoms with Gasteiger partial charge in [-0.05, 0) is 23.3 Å². The van der Waals surface area contributed by atoms with Crippen LogP contribution in [0.5, 0.6) is 5.75 Å². The van der Waals surface area contributed by atoms with E-state index in [-0.39, 0.29) is 11.7 Å². The number of ketones is 1. The predicted molar refractivity (Wildman–Crippen MR) is 92.1 cm³/mol. The Morgan fingerprint density at radius 1 is 0.739 bits per heavy atom. The van der Waals surface area contributed by atoms with Crippen LogP contribution >= 0.6 is 0 Å². The Labute approximate surface area is 136 Å². The second-order valence-corrected chi connectivity index (χ2v) is 5.35. The Bertz CT molecular complexity index is 762. The van der Waals surface area contributed by atoms with Crippen LogP contribution in [-0.2, 0) is 0 Å². The summed E-state index contributed by atoms with van der Waals surface area (Å²) in [5.41, 5.74) is 2.68. The van der Waals surface area contributed by atoms with Crippen LogP contribution in [0, 0.1) is 0 Å². The number of Topliss-reactive ketones (excluding diaryl/α,β-unsaturated/α-hetero) is 1. The number of ether oxygens (including phenoxy) is 1. The highest BCUT2D eigenvalue weighted by atomic mass is 16.5. The Kier molecular flexibility index (Phi) is 4.53. The number of methoxy groups -OCH3 is 1. The van der Waals surface area contributed by atoms with E-state index in [0.29, 0.717) is 0 Å². The van der Waals surface area contributed by atoms with Gasteiger partial charge in [-0.3, -0.25) is 4.79 Å². The maximum absolute atomic E-state index is 13.1. The van der Waals surface area contributed by atoms with E-state index >= 15 is 0 Å². The standard InChI is InChI=1S/C21H18O2/c1-23-19-14-12-17(13-15-19)20(16-8-4-2-5-9-16)21(22)18-10-6-3-7-11-18/h2-15,20H,1H3/t20-/m0/s1. The van der Waals surface area contributed by atoms with Gasteiger partial charge in [-0.25, -0.2) is 0 Å². The first-order valence-corrected chi connectivity index (χ1v) is 7.58. The van der Waals surface area contributed by atoms with Crippen molar-refractivity contribution in [1.29, 1.82) is 0 Å². The van der Waals surface area contributed by atoms with E-state index in [2.05, 4.69) is 0 Å². The number of carbonyl (C=O) groups is 1. The first kappa shape index (κ1) is 15.0. The molecule has 0 bridgehead atoms. The van der Waals surface area contributed by atoms with Crippen LogP contribution in [-0.4, -0.2) is 12.9 Å². The SMILES string of the molecule is COc1ccc([C@@H](C(=O)c2ccccc2)c2ccccc2)cc1. The van der Waals surface area contributed by atoms with Crippen molar-refractivity contribution in [2.75, 3.05) is 7.11 Å². The molecule has 3 aromatic carbocycles. The van der Waals surface area contributed by atoms with Crippen molar-refractivity contribution in [2.45, 2.75) is 5.92 Å². The fourth-order valence-electron chi connectivity index (χ4n) is 2.71. The van der Waals surface area contributed by atoms with Crippen LogP contribution in [0.15, 0.2) is 84.9 Å². The summed E-state index contributed by atoms with van der Waals surface area (Å²) in [7, 11) is 1.64. The van der Waals surface area contributed by atoms with Gasteiger partial charge in [-0.15, -0.1) is 0 Å². The lowest BCUT2D eigenvalue weighted by molar-refractivity contribution is 0.0974. The monoisotopic (exact) mass is 302 g/mol. The van der Waals surface area contributed by atoms with Crippen molar-refractivity contribution < 1.29 is 9.53 Å². The van der Waals surface area contributed by atoms with Crippen LogP contribution in [0.25, 0.3) is 0 Å². The summed E-state index contributed by atoms with van der Waals surface area (Å²) >= 11 is 0. The first-order chi connectivity index (χ1) is 11.3. The smallest absolute Gasteiger partial charge is 0.174 e. The van der Waals surface area contributed by atoms with Crippen molar-refractivity contribution >= 4 is 5.78 Å². The molecule has 0 saturated carbocycles. The molecule has 2 heteroatoms. The van der Waals surface area contributed by atoms with Crippen LogP contribution in [0.4, 0.5) is 0 Å². The molecule has 0 heterocycles. The maximum atomic E-state index is 13.1. The van der Waals surface area contributed by atoms with E-state index in [4.69, 9.17) is 4.74 Å². The Morgan fingerprint density at radius 3 is 1.83 bits per heavy atom. The molecule has 0 N–H and O–H groups in total. The molecule has 0 aliphatic heterocycles. The van der Waals surface area contributed by atoms with Crippen molar-refractivity contribution in [2.24, 2.45) is 0 Å². The summed E-state index contributed by atoms with van der Waals surface area (Å²) in [5.74, 6) is 0.569. The summed E-state index contributed by atoms with van der Waals surface area (Å²) in [4.78, 5) is 13.1. The number of hydrogen-bond acceptors (Lipinski definition) is 2. The Hall–Kier alpha value is -2.87. The second kappa shape index (κ2) is 6.93. The van der Waals surface area contributed by atoms with Crippen LogP contribution < -0.4 is 4.74 Å². The number of benzene rings is 3. The molecule has 0 aliphatic rings. The lowest BCUT2D eigenvalue weighted by Gasteiger charge is -2.17. The van der Waals surface area contributed by atoms with Gasteiger partial charge >= 0.3 is 0 Å². The largest absolute Gasteiger partial charge is 0.497 e. The first-order valence-electron chi connectivity index (χ1n) is 7.58. The lowest BCUT2D eigenvalue weighted by Crippen LogP contribution is -2.14. The molecule has 0 amide bonds. The highest BCUT2D eigenvalue weighted by molar-refractivity contribution is 6.03. The molecule has 0 unspecified atom stereocenters. The number of carbonyl (C=O) groups excluding carboxylic acids is 1. The molecule has 3 aromatic rings. The van der Waals surface area contributed by atoms with Crippen LogP contribution in [0.3, 0.4) is 0 Å². The summed E-state index contributed by atoms with van der Waals surface area (Å²) in [6.45, 7) is 0. The number of rotatable bonds is 5. The van der Waals surface area contributed by atoms with Gasteiger partial charge in [0.2, 0.25) is 0 Å². The van der Waals surface area contributed by atoms with E-state index < -0.39 is 0 Å². The van der Waals surface area contributed by atoms with Crippen LogP contribution in [0.2, 0.25) is 0 Å². The van der Waals surface area contributed by atoms with E-state index in [9.17, 15) is 4.79 Å². The summed E-state index contributed by atoms with van der Waals surface area (Å²) in [6.07, 6.45) is 0. The van der Waals surface area contributed by atoms with E-state index in [0.717, 1.165) is 22.4 Å². The third kappa shape index (κ3) is 3.32. The fourth-order valence-corrected chi connectivity index (χ4v) is 2.71. The van der Waals surface area contributed by atoms with Gasteiger partial charge in [0.15, 0.2) is 5.78 Å². The third-order valence-corrected chi connectivity index (χ3v) is 3.90. The zero-order valence-electron chi connectivity index (χ0n) is 13.0. The topological polar surface area (TPSA) is 26.3 Å². The average Bonchev–Trinajstić information content (AvgIpc) is 2.64. The molecule has 2 nitrogen and oxygen atoms in total.